The van der Waals surface area contributed by atoms with E-state index >= 15 is 0 Å². The lowest BCUT2D eigenvalue weighted by atomic mass is 9.71. The van der Waals surface area contributed by atoms with Crippen molar-refractivity contribution < 1.29 is 19.2 Å². The number of benzene rings is 1. The highest BCUT2D eigenvalue weighted by atomic mass is 16.1. The average Bonchev–Trinajstić information content (AvgIpc) is 2.43. The van der Waals surface area contributed by atoms with Crippen LogP contribution in [0.15, 0.2) is 12.1 Å². The largest absolute Gasteiger partial charge is 0.300 e. The number of hydrogen-bond acceptors (Lipinski definition) is 4. The number of ketones is 4. The summed E-state index contributed by atoms with van der Waals surface area (Å²) in [5, 5.41) is 0. The fraction of sp³-hybridized carbons (Fsp3) is 0.444. The molecule has 0 saturated heterocycles. The molecule has 0 bridgehead atoms. The molecule has 0 amide bonds. The fourth-order valence-corrected chi connectivity index (χ4v) is 3.26. The van der Waals surface area contributed by atoms with Gasteiger partial charge in [0.1, 0.15) is 11.6 Å². The van der Waals surface area contributed by atoms with Crippen molar-refractivity contribution in [2.75, 3.05) is 0 Å². The first kappa shape index (κ1) is 16.3. The molecule has 22 heavy (non-hydrogen) atoms. The van der Waals surface area contributed by atoms with Crippen LogP contribution in [0.5, 0.6) is 0 Å². The molecule has 4 nitrogen and oxygen atoms in total. The van der Waals surface area contributed by atoms with Gasteiger partial charge in [-0.25, -0.2) is 0 Å². The van der Waals surface area contributed by atoms with Crippen molar-refractivity contribution >= 4 is 23.1 Å². The van der Waals surface area contributed by atoms with Crippen molar-refractivity contribution in [1.82, 2.24) is 0 Å². The third kappa shape index (κ3) is 2.91. The molecule has 1 aliphatic carbocycles. The molecule has 116 valence electrons. The van der Waals surface area contributed by atoms with Gasteiger partial charge in [-0.15, -0.1) is 0 Å². The van der Waals surface area contributed by atoms with Crippen LogP contribution in [0.25, 0.3) is 0 Å². The second-order valence-corrected chi connectivity index (χ2v) is 6.12. The van der Waals surface area contributed by atoms with Gasteiger partial charge >= 0.3 is 0 Å². The van der Waals surface area contributed by atoms with E-state index in [2.05, 4.69) is 0 Å². The summed E-state index contributed by atoms with van der Waals surface area (Å²) in [4.78, 5) is 47.2. The Morgan fingerprint density at radius 3 is 1.27 bits per heavy atom. The zero-order valence-corrected chi connectivity index (χ0v) is 13.4. The Balaban J connectivity index is 2.57. The first-order chi connectivity index (χ1) is 10.2. The van der Waals surface area contributed by atoms with Gasteiger partial charge in [0.2, 0.25) is 0 Å². The molecule has 2 rings (SSSR count). The summed E-state index contributed by atoms with van der Waals surface area (Å²) in [5.41, 5.74) is 2.59. The predicted octanol–water partition coefficient (Wildman–Crippen LogP) is 2.60. The van der Waals surface area contributed by atoms with Crippen molar-refractivity contribution in [1.29, 1.82) is 0 Å². The van der Waals surface area contributed by atoms with Crippen LogP contribution in [0.3, 0.4) is 0 Å². The van der Waals surface area contributed by atoms with Crippen LogP contribution in [0.4, 0.5) is 0 Å². The van der Waals surface area contributed by atoms with Crippen molar-refractivity contribution in [2.24, 2.45) is 11.8 Å². The van der Waals surface area contributed by atoms with E-state index in [1.807, 2.05) is 0 Å². The van der Waals surface area contributed by atoms with Crippen molar-refractivity contribution in [2.45, 2.75) is 40.5 Å². The number of Topliss-reactive ketones (excluding diaryl/α,β-unsaturated/α-hetero) is 4. The fourth-order valence-electron chi connectivity index (χ4n) is 3.26. The molecule has 0 radical (unpaired) electrons. The normalized spacial score (nSPS) is 20.2. The molecule has 0 aromatic heterocycles. The minimum absolute atomic E-state index is 0.00845. The Hall–Kier alpha value is -2.10. The Morgan fingerprint density at radius 2 is 1.05 bits per heavy atom. The first-order valence-corrected chi connectivity index (χ1v) is 7.41. The molecule has 0 saturated carbocycles. The van der Waals surface area contributed by atoms with Crippen LogP contribution in [0, 0.1) is 11.8 Å². The molecule has 1 aromatic carbocycles. The maximum Gasteiger partial charge on any atom is 0.160 e. The molecule has 2 atom stereocenters. The molecular formula is C18H20O4. The lowest BCUT2D eigenvalue weighted by Gasteiger charge is -2.30. The second-order valence-electron chi connectivity index (χ2n) is 6.12. The van der Waals surface area contributed by atoms with Crippen LogP contribution in [0.2, 0.25) is 0 Å². The summed E-state index contributed by atoms with van der Waals surface area (Å²) >= 11 is 0. The highest BCUT2D eigenvalue weighted by Crippen LogP contribution is 2.33. The van der Waals surface area contributed by atoms with E-state index < -0.39 is 0 Å². The van der Waals surface area contributed by atoms with Gasteiger partial charge in [-0.3, -0.25) is 19.2 Å². The lowest BCUT2D eigenvalue weighted by molar-refractivity contribution is -0.130. The zero-order valence-electron chi connectivity index (χ0n) is 13.4. The van der Waals surface area contributed by atoms with Crippen LogP contribution in [-0.2, 0) is 22.4 Å². The molecule has 0 aliphatic heterocycles. The highest BCUT2D eigenvalue weighted by molar-refractivity contribution is 6.07. The quantitative estimate of drug-likeness (QED) is 0.802. The first-order valence-electron chi connectivity index (χ1n) is 7.41. The van der Waals surface area contributed by atoms with Gasteiger partial charge in [0.15, 0.2) is 11.6 Å². The van der Waals surface area contributed by atoms with Gasteiger partial charge in [0.05, 0.1) is 0 Å². The van der Waals surface area contributed by atoms with E-state index in [9.17, 15) is 19.2 Å². The summed E-state index contributed by atoms with van der Waals surface area (Å²) in [7, 11) is 0. The van der Waals surface area contributed by atoms with Crippen LogP contribution >= 0.6 is 0 Å². The molecule has 0 N–H and O–H groups in total. The van der Waals surface area contributed by atoms with Gasteiger partial charge in [-0.2, -0.15) is 0 Å². The summed E-state index contributed by atoms with van der Waals surface area (Å²) in [6, 6.07) is 3.45. The minimum atomic E-state index is -0.340. The topological polar surface area (TPSA) is 68.3 Å². The summed E-state index contributed by atoms with van der Waals surface area (Å²) in [6.07, 6.45) is 0.904. The predicted molar refractivity (Wildman–Crippen MR) is 82.2 cm³/mol. The third-order valence-corrected chi connectivity index (χ3v) is 4.51. The average molecular weight is 300 g/mol. The van der Waals surface area contributed by atoms with E-state index in [1.165, 1.54) is 27.7 Å². The molecule has 4 heteroatoms. The maximum atomic E-state index is 11.8. The number of carbonyl (C=O) groups is 4. The van der Waals surface area contributed by atoms with Crippen LogP contribution < -0.4 is 0 Å². The number of fused-ring (bicyclic) bond motifs is 1. The van der Waals surface area contributed by atoms with Crippen LogP contribution in [-0.4, -0.2) is 23.1 Å². The Kier molecular flexibility index (Phi) is 4.40. The number of hydrogen-bond donors (Lipinski definition) is 0. The van der Waals surface area contributed by atoms with E-state index in [0.717, 1.165) is 11.1 Å². The standard InChI is InChI=1S/C18H20O4/c1-9(19)15-5-13-7-17(11(3)21)18(12(4)22)8-14(13)6-16(15)10(2)20/h5-6,17-18H,7-8H2,1-4H3. The van der Waals surface area contributed by atoms with Gasteiger partial charge in [0.25, 0.3) is 0 Å². The summed E-state index contributed by atoms with van der Waals surface area (Å²) < 4.78 is 0. The Bertz CT molecular complexity index is 626. The van der Waals surface area contributed by atoms with Gasteiger partial charge < -0.3 is 0 Å². The SMILES string of the molecule is CC(=O)c1cc2c(cc1C(C)=O)CC(C(C)=O)C(C(C)=O)C2. The molecule has 2 unspecified atom stereocenters. The lowest BCUT2D eigenvalue weighted by Crippen LogP contribution is -2.35. The monoisotopic (exact) mass is 300 g/mol. The number of carbonyl (C=O) groups excluding carboxylic acids is 4. The van der Waals surface area contributed by atoms with E-state index in [-0.39, 0.29) is 35.0 Å². The molecule has 0 spiro atoms. The minimum Gasteiger partial charge on any atom is -0.300 e. The summed E-state index contributed by atoms with van der Waals surface area (Å²) in [5.74, 6) is -1.03. The maximum absolute atomic E-state index is 11.8. The molecule has 1 aromatic rings. The molecule has 0 fully saturated rings. The van der Waals surface area contributed by atoms with Crippen molar-refractivity contribution in [3.8, 4) is 0 Å². The molecular weight excluding hydrogens is 280 g/mol. The zero-order chi connectivity index (χ0) is 16.6. The van der Waals surface area contributed by atoms with Crippen LogP contribution in [0.1, 0.15) is 59.5 Å². The van der Waals surface area contributed by atoms with Gasteiger partial charge in [-0.05, 0) is 63.8 Å². The highest BCUT2D eigenvalue weighted by Gasteiger charge is 2.35. The summed E-state index contributed by atoms with van der Waals surface area (Å²) in [6.45, 7) is 5.86. The molecule has 1 aliphatic rings. The third-order valence-electron chi connectivity index (χ3n) is 4.51. The van der Waals surface area contributed by atoms with E-state index in [1.54, 1.807) is 12.1 Å². The second kappa shape index (κ2) is 5.95. The van der Waals surface area contributed by atoms with Crippen molar-refractivity contribution in [3.63, 3.8) is 0 Å². The molecule has 0 heterocycles. The van der Waals surface area contributed by atoms with E-state index in [0.29, 0.717) is 24.0 Å². The van der Waals surface area contributed by atoms with Gasteiger partial charge in [0, 0.05) is 23.0 Å². The van der Waals surface area contributed by atoms with Crippen molar-refractivity contribution in [3.05, 3.63) is 34.4 Å². The van der Waals surface area contributed by atoms with E-state index in [4.69, 9.17) is 0 Å². The smallest absolute Gasteiger partial charge is 0.160 e. The van der Waals surface area contributed by atoms with Gasteiger partial charge in [-0.1, -0.05) is 0 Å². The Labute approximate surface area is 129 Å². The number of rotatable bonds is 4. The Morgan fingerprint density at radius 1 is 0.727 bits per heavy atom.